The number of hydrogen-bond acceptors (Lipinski definition) is 5. The molecule has 6 nitrogen and oxygen atoms in total. The van der Waals surface area contributed by atoms with Gasteiger partial charge in [0.1, 0.15) is 0 Å². The summed E-state index contributed by atoms with van der Waals surface area (Å²) in [5, 5.41) is 10.8. The maximum atomic E-state index is 11.3. The zero-order valence-electron chi connectivity index (χ0n) is 10.4. The molecule has 1 rings (SSSR count). The summed E-state index contributed by atoms with van der Waals surface area (Å²) >= 11 is 5.69. The third-order valence-electron chi connectivity index (χ3n) is 2.36. The molecule has 0 aliphatic rings. The first kappa shape index (κ1) is 15.1. The molecule has 0 unspecified atom stereocenters. The summed E-state index contributed by atoms with van der Waals surface area (Å²) in [6.45, 7) is 3.45. The van der Waals surface area contributed by atoms with Crippen LogP contribution in [0.5, 0.6) is 0 Å². The molecule has 1 aromatic heterocycles. The summed E-state index contributed by atoms with van der Waals surface area (Å²) in [7, 11) is -3.10. The first-order valence-electron chi connectivity index (χ1n) is 5.60. The van der Waals surface area contributed by atoms with Crippen molar-refractivity contribution in [3.63, 3.8) is 0 Å². The molecule has 0 fully saturated rings. The summed E-state index contributed by atoms with van der Waals surface area (Å²) < 4.78 is 24.1. The van der Waals surface area contributed by atoms with Gasteiger partial charge in [0.15, 0.2) is 5.15 Å². The number of nitrogens with one attached hydrogen (secondary N) is 1. The minimum absolute atomic E-state index is 0.325. The second-order valence-electron chi connectivity index (χ2n) is 3.80. The van der Waals surface area contributed by atoms with E-state index in [0.717, 1.165) is 5.69 Å². The highest BCUT2D eigenvalue weighted by Gasteiger charge is 2.12. The van der Waals surface area contributed by atoms with Crippen molar-refractivity contribution in [1.29, 1.82) is 0 Å². The van der Waals surface area contributed by atoms with Crippen molar-refractivity contribution in [2.24, 2.45) is 0 Å². The topological polar surface area (TPSA) is 75.2 Å². The Balaban J connectivity index is 2.35. The zero-order valence-corrected chi connectivity index (χ0v) is 12.0. The van der Waals surface area contributed by atoms with Gasteiger partial charge in [-0.3, -0.25) is 0 Å². The van der Waals surface area contributed by atoms with Gasteiger partial charge in [-0.05, 0) is 6.42 Å². The number of nitrogens with zero attached hydrogens (tertiary/aromatic N) is 3. The van der Waals surface area contributed by atoms with Gasteiger partial charge in [-0.25, -0.2) is 12.7 Å². The SMILES string of the molecule is CCN(CCCNc1cnnc(Cl)c1)S(C)(=O)=O. The highest BCUT2D eigenvalue weighted by molar-refractivity contribution is 7.88. The van der Waals surface area contributed by atoms with Crippen molar-refractivity contribution < 1.29 is 8.42 Å². The van der Waals surface area contributed by atoms with Crippen molar-refractivity contribution in [2.45, 2.75) is 13.3 Å². The van der Waals surface area contributed by atoms with Crippen LogP contribution in [0.15, 0.2) is 12.3 Å². The van der Waals surface area contributed by atoms with Crippen LogP contribution in [-0.2, 0) is 10.0 Å². The Morgan fingerprint density at radius 2 is 2.22 bits per heavy atom. The number of anilines is 1. The second-order valence-corrected chi connectivity index (χ2v) is 6.17. The smallest absolute Gasteiger partial charge is 0.211 e. The summed E-state index contributed by atoms with van der Waals surface area (Å²) in [5.41, 5.74) is 0.775. The molecule has 0 saturated heterocycles. The molecule has 18 heavy (non-hydrogen) atoms. The lowest BCUT2D eigenvalue weighted by molar-refractivity contribution is 0.429. The van der Waals surface area contributed by atoms with Crippen LogP contribution in [0.1, 0.15) is 13.3 Å². The van der Waals surface area contributed by atoms with Gasteiger partial charge < -0.3 is 5.32 Å². The van der Waals surface area contributed by atoms with Gasteiger partial charge in [0.05, 0.1) is 18.1 Å². The van der Waals surface area contributed by atoms with Gasteiger partial charge in [-0.1, -0.05) is 18.5 Å². The molecule has 1 heterocycles. The highest BCUT2D eigenvalue weighted by Crippen LogP contribution is 2.10. The monoisotopic (exact) mass is 292 g/mol. The molecule has 0 atom stereocenters. The highest BCUT2D eigenvalue weighted by atomic mass is 35.5. The van der Waals surface area contributed by atoms with E-state index in [0.29, 0.717) is 31.2 Å². The Hall–Kier alpha value is -0.920. The Morgan fingerprint density at radius 3 is 2.78 bits per heavy atom. The van der Waals surface area contributed by atoms with Crippen LogP contribution in [0.3, 0.4) is 0 Å². The molecule has 1 aromatic rings. The van der Waals surface area contributed by atoms with E-state index in [1.807, 2.05) is 6.92 Å². The Labute approximate surface area is 112 Å². The average Bonchev–Trinajstić information content (AvgIpc) is 2.27. The summed E-state index contributed by atoms with van der Waals surface area (Å²) in [6, 6.07) is 1.67. The molecular weight excluding hydrogens is 276 g/mol. The fourth-order valence-corrected chi connectivity index (χ4v) is 2.57. The number of hydrogen-bond donors (Lipinski definition) is 1. The summed E-state index contributed by atoms with van der Waals surface area (Å²) in [6.07, 6.45) is 3.50. The van der Waals surface area contributed by atoms with Crippen molar-refractivity contribution in [3.8, 4) is 0 Å². The molecular formula is C10H17ClN4O2S. The van der Waals surface area contributed by atoms with Gasteiger partial charge in [0.2, 0.25) is 10.0 Å². The van der Waals surface area contributed by atoms with Crippen LogP contribution in [0, 0.1) is 0 Å². The number of sulfonamides is 1. The van der Waals surface area contributed by atoms with Crippen LogP contribution in [0.4, 0.5) is 5.69 Å². The van der Waals surface area contributed by atoms with E-state index in [2.05, 4.69) is 15.5 Å². The van der Waals surface area contributed by atoms with E-state index >= 15 is 0 Å². The largest absolute Gasteiger partial charge is 0.384 e. The summed E-state index contributed by atoms with van der Waals surface area (Å²) in [5.74, 6) is 0. The van der Waals surface area contributed by atoms with Crippen molar-refractivity contribution in [3.05, 3.63) is 17.4 Å². The minimum Gasteiger partial charge on any atom is -0.384 e. The van der Waals surface area contributed by atoms with E-state index in [9.17, 15) is 8.42 Å². The molecule has 0 amide bonds. The van der Waals surface area contributed by atoms with Crippen molar-refractivity contribution >= 4 is 27.3 Å². The standard InChI is InChI=1S/C10H17ClN4O2S/c1-3-15(18(2,16)17)6-4-5-12-9-7-10(11)14-13-8-9/h7-8H,3-6H2,1-2H3,(H,12,14). The molecule has 0 aromatic carbocycles. The molecule has 102 valence electrons. The first-order valence-corrected chi connectivity index (χ1v) is 7.83. The predicted octanol–water partition coefficient (Wildman–Crippen LogP) is 1.21. The Morgan fingerprint density at radius 1 is 1.50 bits per heavy atom. The maximum absolute atomic E-state index is 11.3. The molecule has 0 saturated carbocycles. The molecule has 0 aliphatic carbocycles. The van der Waals surface area contributed by atoms with E-state index in [1.54, 1.807) is 12.3 Å². The van der Waals surface area contributed by atoms with E-state index in [1.165, 1.54) is 10.6 Å². The third-order valence-corrected chi connectivity index (χ3v) is 3.92. The molecule has 8 heteroatoms. The zero-order chi connectivity index (χ0) is 13.6. The van der Waals surface area contributed by atoms with Crippen LogP contribution >= 0.6 is 11.6 Å². The molecule has 1 N–H and O–H groups in total. The fourth-order valence-electron chi connectivity index (χ4n) is 1.48. The lowest BCUT2D eigenvalue weighted by atomic mass is 10.4. The number of rotatable bonds is 7. The normalized spacial score (nSPS) is 11.8. The van der Waals surface area contributed by atoms with Gasteiger partial charge in [-0.2, -0.15) is 5.10 Å². The van der Waals surface area contributed by atoms with E-state index < -0.39 is 10.0 Å². The minimum atomic E-state index is -3.10. The van der Waals surface area contributed by atoms with Crippen LogP contribution in [0.2, 0.25) is 5.15 Å². The summed E-state index contributed by atoms with van der Waals surface area (Å²) in [4.78, 5) is 0. The number of aromatic nitrogens is 2. The van der Waals surface area contributed by atoms with Gasteiger partial charge in [-0.15, -0.1) is 5.10 Å². The van der Waals surface area contributed by atoms with Gasteiger partial charge in [0, 0.05) is 25.7 Å². The average molecular weight is 293 g/mol. The fraction of sp³-hybridized carbons (Fsp3) is 0.600. The van der Waals surface area contributed by atoms with Crippen LogP contribution in [0.25, 0.3) is 0 Å². The first-order chi connectivity index (χ1) is 8.43. The Kier molecular flexibility index (Phi) is 5.77. The molecule has 0 spiro atoms. The van der Waals surface area contributed by atoms with Gasteiger partial charge >= 0.3 is 0 Å². The number of halogens is 1. The molecule has 0 bridgehead atoms. The van der Waals surface area contributed by atoms with Crippen LogP contribution < -0.4 is 5.32 Å². The van der Waals surface area contributed by atoms with Gasteiger partial charge in [0.25, 0.3) is 0 Å². The predicted molar refractivity (Wildman–Crippen MR) is 72.2 cm³/mol. The maximum Gasteiger partial charge on any atom is 0.211 e. The van der Waals surface area contributed by atoms with Crippen LogP contribution in [-0.4, -0.2) is 48.8 Å². The second kappa shape index (κ2) is 6.86. The van der Waals surface area contributed by atoms with E-state index in [-0.39, 0.29) is 0 Å². The third kappa shape index (κ3) is 5.16. The van der Waals surface area contributed by atoms with Crippen molar-refractivity contribution in [1.82, 2.24) is 14.5 Å². The van der Waals surface area contributed by atoms with E-state index in [4.69, 9.17) is 11.6 Å². The lowest BCUT2D eigenvalue weighted by Crippen LogP contribution is -2.31. The quantitative estimate of drug-likeness (QED) is 0.765. The van der Waals surface area contributed by atoms with Crippen molar-refractivity contribution in [2.75, 3.05) is 31.2 Å². The molecule has 0 aliphatic heterocycles. The molecule has 0 radical (unpaired) electrons. The Bertz CT molecular complexity index is 481. The lowest BCUT2D eigenvalue weighted by Gasteiger charge is -2.17.